The van der Waals surface area contributed by atoms with E-state index in [4.69, 9.17) is 10.5 Å². The number of ether oxygens (including phenoxy) is 1. The van der Waals surface area contributed by atoms with Gasteiger partial charge in [0, 0.05) is 12.1 Å². The molecule has 0 spiro atoms. The van der Waals surface area contributed by atoms with Crippen molar-refractivity contribution in [3.8, 4) is 5.75 Å². The Kier molecular flexibility index (Phi) is 4.29. The molecule has 0 heterocycles. The van der Waals surface area contributed by atoms with Crippen molar-refractivity contribution in [1.29, 1.82) is 0 Å². The van der Waals surface area contributed by atoms with Crippen LogP contribution >= 0.6 is 0 Å². The molecular weight excluding hydrogens is 267 g/mol. The molecule has 0 aliphatic heterocycles. The third-order valence-electron chi connectivity index (χ3n) is 2.98. The fraction of sp³-hybridized carbons (Fsp3) is 0.200. The number of benzene rings is 2. The van der Waals surface area contributed by atoms with E-state index in [1.54, 1.807) is 0 Å². The lowest BCUT2D eigenvalue weighted by Crippen LogP contribution is -2.14. The van der Waals surface area contributed by atoms with Crippen molar-refractivity contribution >= 4 is 0 Å². The minimum absolute atomic E-state index is 0.0865. The second-order valence-corrected chi connectivity index (χ2v) is 4.48. The first-order chi connectivity index (χ1) is 9.49. The highest BCUT2D eigenvalue weighted by atomic mass is 19.1. The molecule has 0 saturated carbocycles. The summed E-state index contributed by atoms with van der Waals surface area (Å²) in [5.74, 6) is -1.70. The quantitative estimate of drug-likeness (QED) is 0.932. The summed E-state index contributed by atoms with van der Waals surface area (Å²) in [6.45, 7) is 0. The van der Waals surface area contributed by atoms with Gasteiger partial charge < -0.3 is 10.5 Å². The van der Waals surface area contributed by atoms with Crippen LogP contribution in [-0.4, -0.2) is 7.11 Å². The van der Waals surface area contributed by atoms with E-state index in [-0.39, 0.29) is 12.2 Å². The first-order valence-corrected chi connectivity index (χ1v) is 6.03. The smallest absolute Gasteiger partial charge is 0.165 e. The van der Waals surface area contributed by atoms with Crippen LogP contribution in [0.25, 0.3) is 0 Å². The van der Waals surface area contributed by atoms with Crippen molar-refractivity contribution in [2.45, 2.75) is 12.5 Å². The third-order valence-corrected chi connectivity index (χ3v) is 2.98. The first-order valence-electron chi connectivity index (χ1n) is 6.03. The van der Waals surface area contributed by atoms with Gasteiger partial charge in [-0.2, -0.15) is 0 Å². The van der Waals surface area contributed by atoms with Gasteiger partial charge in [0.15, 0.2) is 11.6 Å². The number of rotatable bonds is 4. The molecule has 0 radical (unpaired) electrons. The van der Waals surface area contributed by atoms with Gasteiger partial charge in [0.25, 0.3) is 0 Å². The number of hydrogen-bond acceptors (Lipinski definition) is 2. The van der Waals surface area contributed by atoms with Crippen LogP contribution in [0.4, 0.5) is 13.2 Å². The van der Waals surface area contributed by atoms with Crippen LogP contribution in [0.5, 0.6) is 5.75 Å². The van der Waals surface area contributed by atoms with Gasteiger partial charge in [-0.3, -0.25) is 0 Å². The van der Waals surface area contributed by atoms with Gasteiger partial charge in [-0.25, -0.2) is 13.2 Å². The molecule has 1 unspecified atom stereocenters. The van der Waals surface area contributed by atoms with Crippen LogP contribution in [0.3, 0.4) is 0 Å². The largest absolute Gasteiger partial charge is 0.494 e. The number of methoxy groups -OCH3 is 1. The Morgan fingerprint density at radius 3 is 2.30 bits per heavy atom. The second kappa shape index (κ2) is 5.96. The molecule has 20 heavy (non-hydrogen) atoms. The van der Waals surface area contributed by atoms with Crippen molar-refractivity contribution in [2.24, 2.45) is 5.73 Å². The molecule has 0 amide bonds. The lowest BCUT2D eigenvalue weighted by Gasteiger charge is -2.14. The Morgan fingerprint density at radius 1 is 1.05 bits per heavy atom. The van der Waals surface area contributed by atoms with E-state index < -0.39 is 23.5 Å². The zero-order valence-corrected chi connectivity index (χ0v) is 10.9. The fourth-order valence-corrected chi connectivity index (χ4v) is 2.01. The molecule has 2 nitrogen and oxygen atoms in total. The lowest BCUT2D eigenvalue weighted by molar-refractivity contribution is 0.385. The summed E-state index contributed by atoms with van der Waals surface area (Å²) < 4.78 is 44.4. The summed E-state index contributed by atoms with van der Waals surface area (Å²) >= 11 is 0. The van der Waals surface area contributed by atoms with E-state index in [0.717, 1.165) is 6.07 Å². The molecule has 0 aliphatic rings. The van der Waals surface area contributed by atoms with Gasteiger partial charge in [0.2, 0.25) is 0 Å². The third kappa shape index (κ3) is 3.30. The fourth-order valence-electron chi connectivity index (χ4n) is 2.01. The van der Waals surface area contributed by atoms with Gasteiger partial charge in [-0.1, -0.05) is 6.07 Å². The molecule has 1 atom stereocenters. The molecule has 0 saturated heterocycles. The maximum absolute atomic E-state index is 13.3. The highest BCUT2D eigenvalue weighted by Gasteiger charge is 2.12. The van der Waals surface area contributed by atoms with Crippen LogP contribution < -0.4 is 10.5 Å². The maximum Gasteiger partial charge on any atom is 0.165 e. The lowest BCUT2D eigenvalue weighted by atomic mass is 9.99. The second-order valence-electron chi connectivity index (χ2n) is 4.48. The van der Waals surface area contributed by atoms with E-state index in [2.05, 4.69) is 0 Å². The molecule has 2 rings (SSSR count). The first kappa shape index (κ1) is 14.4. The van der Waals surface area contributed by atoms with Crippen LogP contribution in [0.2, 0.25) is 0 Å². The average molecular weight is 281 g/mol. The maximum atomic E-state index is 13.3. The summed E-state index contributed by atoms with van der Waals surface area (Å²) in [5, 5.41) is 0. The molecule has 106 valence electrons. The van der Waals surface area contributed by atoms with E-state index >= 15 is 0 Å². The van der Waals surface area contributed by atoms with Crippen molar-refractivity contribution in [1.82, 2.24) is 0 Å². The molecule has 0 aromatic heterocycles. The van der Waals surface area contributed by atoms with Gasteiger partial charge in [0.05, 0.1) is 7.11 Å². The summed E-state index contributed by atoms with van der Waals surface area (Å²) in [6, 6.07) is 7.00. The Balaban J connectivity index is 2.21. The highest BCUT2D eigenvalue weighted by Crippen LogP contribution is 2.24. The summed E-state index contributed by atoms with van der Waals surface area (Å²) in [4.78, 5) is 0. The number of hydrogen-bond donors (Lipinski definition) is 1. The van der Waals surface area contributed by atoms with Crippen molar-refractivity contribution in [3.05, 3.63) is 65.0 Å². The normalized spacial score (nSPS) is 12.2. The Morgan fingerprint density at radius 2 is 1.70 bits per heavy atom. The van der Waals surface area contributed by atoms with Crippen LogP contribution in [0.1, 0.15) is 17.2 Å². The highest BCUT2D eigenvalue weighted by molar-refractivity contribution is 5.33. The van der Waals surface area contributed by atoms with Crippen molar-refractivity contribution < 1.29 is 17.9 Å². The zero-order chi connectivity index (χ0) is 14.7. The molecule has 2 aromatic carbocycles. The molecular formula is C15H14F3NO. The molecule has 2 aromatic rings. The molecule has 5 heteroatoms. The Bertz CT molecular complexity index is 596. The van der Waals surface area contributed by atoms with Gasteiger partial charge >= 0.3 is 0 Å². The molecule has 0 fully saturated rings. The van der Waals surface area contributed by atoms with E-state index in [9.17, 15) is 13.2 Å². The van der Waals surface area contributed by atoms with E-state index in [1.807, 2.05) is 0 Å². The topological polar surface area (TPSA) is 35.2 Å². The van der Waals surface area contributed by atoms with E-state index in [1.165, 1.54) is 37.4 Å². The molecule has 2 N–H and O–H groups in total. The van der Waals surface area contributed by atoms with Crippen molar-refractivity contribution in [3.63, 3.8) is 0 Å². The van der Waals surface area contributed by atoms with Gasteiger partial charge in [0.1, 0.15) is 11.6 Å². The molecule has 0 aliphatic carbocycles. The predicted molar refractivity (Wildman–Crippen MR) is 69.9 cm³/mol. The number of halogens is 3. The van der Waals surface area contributed by atoms with Crippen molar-refractivity contribution in [2.75, 3.05) is 7.11 Å². The average Bonchev–Trinajstić information content (AvgIpc) is 2.37. The van der Waals surface area contributed by atoms with Gasteiger partial charge in [-0.05, 0) is 41.8 Å². The molecule has 0 bridgehead atoms. The summed E-state index contributed by atoms with van der Waals surface area (Å²) in [7, 11) is 1.36. The predicted octanol–water partition coefficient (Wildman–Crippen LogP) is 3.36. The minimum Gasteiger partial charge on any atom is -0.494 e. The SMILES string of the molecule is COc1cc(C(N)Cc2cc(F)cc(F)c2)ccc1F. The zero-order valence-electron chi connectivity index (χ0n) is 10.9. The van der Waals surface area contributed by atoms with Crippen LogP contribution in [0, 0.1) is 17.5 Å². The Labute approximate surface area is 115 Å². The summed E-state index contributed by atoms with van der Waals surface area (Å²) in [6.07, 6.45) is 0.240. The summed E-state index contributed by atoms with van der Waals surface area (Å²) in [5.41, 5.74) is 7.05. The minimum atomic E-state index is -0.649. The van der Waals surface area contributed by atoms with Crippen LogP contribution in [-0.2, 0) is 6.42 Å². The van der Waals surface area contributed by atoms with Crippen LogP contribution in [0.15, 0.2) is 36.4 Å². The standard InChI is InChI=1S/C15H14F3NO/c1-20-15-7-10(2-3-13(15)18)14(19)6-9-4-11(16)8-12(17)5-9/h2-5,7-8,14H,6,19H2,1H3. The van der Waals surface area contributed by atoms with Gasteiger partial charge in [-0.15, -0.1) is 0 Å². The van der Waals surface area contributed by atoms with E-state index in [0.29, 0.717) is 11.1 Å². The Hall–Kier alpha value is -2.01. The monoisotopic (exact) mass is 281 g/mol. The number of nitrogens with two attached hydrogens (primary N) is 1.